The summed E-state index contributed by atoms with van der Waals surface area (Å²) in [6, 6.07) is 29.1. The first kappa shape index (κ1) is 27.7. The van der Waals surface area contributed by atoms with Gasteiger partial charge < -0.3 is 19.7 Å². The molecule has 3 aliphatic rings. The van der Waals surface area contributed by atoms with Crippen molar-refractivity contribution in [3.63, 3.8) is 0 Å². The number of benzene rings is 3. The van der Waals surface area contributed by atoms with E-state index < -0.39 is 0 Å². The van der Waals surface area contributed by atoms with Crippen LogP contribution in [0.2, 0.25) is 0 Å². The van der Waals surface area contributed by atoms with Crippen molar-refractivity contribution in [3.05, 3.63) is 95.6 Å². The lowest BCUT2D eigenvalue weighted by atomic mass is 9.66. The van der Waals surface area contributed by atoms with Crippen molar-refractivity contribution in [1.82, 2.24) is 15.1 Å². The maximum absolute atomic E-state index is 5.75. The van der Waals surface area contributed by atoms with Gasteiger partial charge in [0.15, 0.2) is 0 Å². The molecule has 3 aromatic carbocycles. The highest BCUT2D eigenvalue weighted by molar-refractivity contribution is 5.41. The fourth-order valence-electron chi connectivity index (χ4n) is 7.15. The highest BCUT2D eigenvalue weighted by Gasteiger charge is 2.50. The van der Waals surface area contributed by atoms with Gasteiger partial charge in [0.05, 0.1) is 14.2 Å². The Labute approximate surface area is 235 Å². The molecule has 1 unspecified atom stereocenters. The number of rotatable bonds is 12. The minimum absolute atomic E-state index is 0.300. The maximum atomic E-state index is 5.75. The van der Waals surface area contributed by atoms with E-state index in [0.29, 0.717) is 29.8 Å². The van der Waals surface area contributed by atoms with Gasteiger partial charge in [-0.05, 0) is 67.2 Å². The summed E-state index contributed by atoms with van der Waals surface area (Å²) in [4.78, 5) is 5.41. The lowest BCUT2D eigenvalue weighted by Gasteiger charge is -2.58. The molecule has 2 bridgehead atoms. The van der Waals surface area contributed by atoms with Crippen LogP contribution in [0.3, 0.4) is 0 Å². The van der Waals surface area contributed by atoms with Gasteiger partial charge >= 0.3 is 0 Å². The second-order valence-corrected chi connectivity index (χ2v) is 11.1. The summed E-state index contributed by atoms with van der Waals surface area (Å²) in [5, 5.41) is 4.11. The largest absolute Gasteiger partial charge is 0.497 e. The number of nitrogens with one attached hydrogen (secondary N) is 1. The highest BCUT2D eigenvalue weighted by Crippen LogP contribution is 2.44. The maximum Gasteiger partial charge on any atom is 0.123 e. The fourth-order valence-corrected chi connectivity index (χ4v) is 7.15. The Morgan fingerprint density at radius 3 is 2.15 bits per heavy atom. The highest BCUT2D eigenvalue weighted by atomic mass is 16.5. The van der Waals surface area contributed by atoms with E-state index >= 15 is 0 Å². The van der Waals surface area contributed by atoms with E-state index in [2.05, 4.69) is 95.7 Å². The number of nitrogens with zero attached hydrogens (tertiary/aromatic N) is 2. The Kier molecular flexibility index (Phi) is 9.23. The molecule has 0 saturated carbocycles. The summed E-state index contributed by atoms with van der Waals surface area (Å²) in [6.45, 7) is 11.1. The van der Waals surface area contributed by atoms with Gasteiger partial charge in [-0.25, -0.2) is 0 Å². The molecule has 1 N–H and O–H groups in total. The van der Waals surface area contributed by atoms with Crippen molar-refractivity contribution in [2.75, 3.05) is 46.9 Å². The first-order valence-corrected chi connectivity index (χ1v) is 14.7. The summed E-state index contributed by atoms with van der Waals surface area (Å²) in [7, 11) is 3.48. The lowest BCUT2D eigenvalue weighted by Crippen LogP contribution is -2.68. The molecular weight excluding hydrogens is 482 g/mol. The topological polar surface area (TPSA) is 37.0 Å². The molecule has 5 atom stereocenters. The Hall–Kier alpha value is -2.86. The number of hydrogen-bond acceptors (Lipinski definition) is 5. The summed E-state index contributed by atoms with van der Waals surface area (Å²) in [5.74, 6) is 3.35. The van der Waals surface area contributed by atoms with Crippen LogP contribution in [0.5, 0.6) is 11.5 Å². The van der Waals surface area contributed by atoms with E-state index in [4.69, 9.17) is 9.47 Å². The third kappa shape index (κ3) is 6.01. The van der Waals surface area contributed by atoms with Crippen LogP contribution < -0.4 is 14.8 Å². The van der Waals surface area contributed by atoms with E-state index in [1.165, 1.54) is 37.2 Å². The molecule has 0 spiro atoms. The number of fused-ring (bicyclic) bond motifs is 3. The third-order valence-corrected chi connectivity index (χ3v) is 9.14. The van der Waals surface area contributed by atoms with Crippen LogP contribution in [0.25, 0.3) is 0 Å². The van der Waals surface area contributed by atoms with Gasteiger partial charge in [-0.3, -0.25) is 4.90 Å². The van der Waals surface area contributed by atoms with E-state index in [0.717, 1.165) is 36.7 Å². The smallest absolute Gasteiger partial charge is 0.123 e. The average Bonchev–Trinajstić information content (AvgIpc) is 3.00. The van der Waals surface area contributed by atoms with E-state index in [9.17, 15) is 0 Å². The van der Waals surface area contributed by atoms with Crippen molar-refractivity contribution in [1.29, 1.82) is 0 Å². The molecule has 6 rings (SSSR count). The summed E-state index contributed by atoms with van der Waals surface area (Å²) < 4.78 is 11.3. The Balaban J connectivity index is 1.52. The van der Waals surface area contributed by atoms with Gasteiger partial charge in [-0.1, -0.05) is 74.5 Å². The van der Waals surface area contributed by atoms with E-state index in [1.807, 2.05) is 12.1 Å². The molecule has 39 heavy (non-hydrogen) atoms. The molecule has 5 heteroatoms. The Morgan fingerprint density at radius 1 is 0.897 bits per heavy atom. The molecular formula is C34H45N3O2. The van der Waals surface area contributed by atoms with Crippen molar-refractivity contribution < 1.29 is 9.47 Å². The third-order valence-electron chi connectivity index (χ3n) is 9.14. The lowest BCUT2D eigenvalue weighted by molar-refractivity contribution is -0.0464. The molecule has 0 aliphatic carbocycles. The van der Waals surface area contributed by atoms with Gasteiger partial charge in [0, 0.05) is 43.2 Å². The van der Waals surface area contributed by atoms with Crippen LogP contribution in [0, 0.1) is 11.8 Å². The van der Waals surface area contributed by atoms with Crippen LogP contribution in [0.4, 0.5) is 0 Å². The molecule has 0 radical (unpaired) electrons. The first-order chi connectivity index (χ1) is 19.2. The second-order valence-electron chi connectivity index (χ2n) is 11.1. The Morgan fingerprint density at radius 2 is 1.56 bits per heavy atom. The molecule has 208 valence electrons. The molecule has 5 nitrogen and oxygen atoms in total. The fraction of sp³-hybridized carbons (Fsp3) is 0.471. The standard InChI is InChI=1S/C34H45N3O2/c1-5-36(6-2)23-28-24-37-20-19-30(28)33(35-22-27-21-29(38-3)17-18-31(27)39-4)34(37)32(25-13-9-7-10-14-25)26-15-11-8-12-16-26/h7-18,21,28,30,32-35H,5-6,19-20,22-24H2,1-4H3/t28-,30-,33+,34+/m0/s1. The molecule has 3 heterocycles. The number of methoxy groups -OCH3 is 2. The molecule has 3 saturated heterocycles. The van der Waals surface area contributed by atoms with Gasteiger partial charge in [-0.2, -0.15) is 0 Å². The van der Waals surface area contributed by atoms with Gasteiger partial charge in [0.2, 0.25) is 0 Å². The zero-order valence-corrected chi connectivity index (χ0v) is 24.1. The molecule has 0 amide bonds. The summed E-state index contributed by atoms with van der Waals surface area (Å²) in [6.07, 6.45) is 1.24. The van der Waals surface area contributed by atoms with E-state index in [-0.39, 0.29) is 0 Å². The number of ether oxygens (including phenoxy) is 2. The van der Waals surface area contributed by atoms with Crippen molar-refractivity contribution >= 4 is 0 Å². The predicted octanol–water partition coefficient (Wildman–Crippen LogP) is 5.66. The average molecular weight is 528 g/mol. The molecule has 3 aliphatic heterocycles. The minimum Gasteiger partial charge on any atom is -0.497 e. The summed E-state index contributed by atoms with van der Waals surface area (Å²) >= 11 is 0. The van der Waals surface area contributed by atoms with Crippen LogP contribution >= 0.6 is 0 Å². The molecule has 0 aromatic heterocycles. The van der Waals surface area contributed by atoms with E-state index in [1.54, 1.807) is 14.2 Å². The van der Waals surface area contributed by atoms with Gasteiger partial charge in [-0.15, -0.1) is 0 Å². The van der Waals surface area contributed by atoms with Crippen LogP contribution in [0.1, 0.15) is 42.9 Å². The molecule has 3 aromatic rings. The zero-order valence-electron chi connectivity index (χ0n) is 24.1. The second kappa shape index (κ2) is 13.0. The van der Waals surface area contributed by atoms with Gasteiger partial charge in [0.25, 0.3) is 0 Å². The van der Waals surface area contributed by atoms with Crippen LogP contribution in [-0.2, 0) is 6.54 Å². The predicted molar refractivity (Wildman–Crippen MR) is 160 cm³/mol. The van der Waals surface area contributed by atoms with Gasteiger partial charge in [0.1, 0.15) is 11.5 Å². The molecule has 3 fully saturated rings. The quantitative estimate of drug-likeness (QED) is 0.329. The van der Waals surface area contributed by atoms with Crippen LogP contribution in [-0.4, -0.2) is 68.8 Å². The minimum atomic E-state index is 0.300. The van der Waals surface area contributed by atoms with Crippen molar-refractivity contribution in [2.24, 2.45) is 11.8 Å². The number of piperidine rings is 3. The monoisotopic (exact) mass is 527 g/mol. The normalized spacial score (nSPS) is 24.3. The Bertz CT molecular complexity index is 1130. The number of hydrogen-bond donors (Lipinski definition) is 1. The van der Waals surface area contributed by atoms with Crippen LogP contribution in [0.15, 0.2) is 78.9 Å². The van der Waals surface area contributed by atoms with Crippen molar-refractivity contribution in [3.8, 4) is 11.5 Å². The first-order valence-electron chi connectivity index (χ1n) is 14.7. The zero-order chi connectivity index (χ0) is 27.2. The SMILES string of the molecule is CCN(CC)C[C@H]1CN2CC[C@@H]1[C@@H](NCc1cc(OC)ccc1OC)[C@H]2C(c1ccccc1)c1ccccc1. The van der Waals surface area contributed by atoms with Crippen molar-refractivity contribution in [2.45, 2.75) is 44.8 Å². The summed E-state index contributed by atoms with van der Waals surface area (Å²) in [5.41, 5.74) is 3.93.